The predicted molar refractivity (Wildman–Crippen MR) is 38.8 cm³/mol. The van der Waals surface area contributed by atoms with Crippen molar-refractivity contribution in [1.29, 1.82) is 0 Å². The van der Waals surface area contributed by atoms with Crippen LogP contribution in [0, 0.1) is 42.5 Å². The third-order valence-corrected chi connectivity index (χ3v) is 3.51. The topological polar surface area (TPSA) is 0 Å². The number of hydrogen-bond acceptors (Lipinski definition) is 0. The van der Waals surface area contributed by atoms with E-state index in [4.69, 9.17) is 0 Å². The van der Waals surface area contributed by atoms with E-state index in [0.717, 1.165) is 0 Å². The minimum atomic E-state index is -4.89. The quantitative estimate of drug-likeness (QED) is 0.212. The van der Waals surface area contributed by atoms with Gasteiger partial charge in [-0.15, -0.1) is 0 Å². The van der Waals surface area contributed by atoms with E-state index in [0.29, 0.717) is 5.92 Å². The van der Waals surface area contributed by atoms with Crippen LogP contribution in [0.15, 0.2) is 0 Å². The molecule has 0 aromatic heterocycles. The summed E-state index contributed by atoms with van der Waals surface area (Å²) in [6.07, 6.45) is -4.89. The lowest BCUT2D eigenvalue weighted by molar-refractivity contribution is -0.543. The lowest BCUT2D eigenvalue weighted by Crippen LogP contribution is -3.60. The van der Waals surface area contributed by atoms with Crippen molar-refractivity contribution in [2.75, 3.05) is 0 Å². The van der Waals surface area contributed by atoms with Gasteiger partial charge in [0.25, 0.3) is 3.57 Å². The van der Waals surface area contributed by atoms with Crippen LogP contribution in [0.25, 0.3) is 0 Å². The molecule has 0 saturated carbocycles. The first-order valence-electron chi connectivity index (χ1n) is 3.89. The molecule has 0 fully saturated rings. The lowest BCUT2D eigenvalue weighted by Gasteiger charge is -1.97. The van der Waals surface area contributed by atoms with Crippen LogP contribution < -0.4 is 21.2 Å². The van der Waals surface area contributed by atoms with Crippen LogP contribution in [0.2, 0.25) is 0 Å². The second kappa shape index (κ2) is 5.29. The Balaban J connectivity index is 3.22. The predicted octanol–water partition coefficient (Wildman–Crippen LogP) is 0.164. The Hall–Kier alpha value is -1.05. The van der Waals surface area contributed by atoms with Gasteiger partial charge in [0.1, 0.15) is 0 Å². The Morgan fingerprint density at radius 2 is 1.11 bits per heavy atom. The second-order valence-electron chi connectivity index (χ2n) is 2.70. The highest BCUT2D eigenvalue weighted by Crippen LogP contribution is 2.17. The van der Waals surface area contributed by atoms with Crippen molar-refractivity contribution >= 4 is 0 Å². The zero-order chi connectivity index (χ0) is 14.1. The Kier molecular flexibility index (Phi) is 4.41. The van der Waals surface area contributed by atoms with Crippen molar-refractivity contribution in [3.05, 3.63) is 32.7 Å². The Labute approximate surface area is 105 Å². The minimum Gasteiger partial charge on any atom is -0.200 e. The van der Waals surface area contributed by atoms with Gasteiger partial charge in [0, 0.05) is 0 Å². The maximum atomic E-state index is 13.0. The molecule has 1 aromatic carbocycles. The molecule has 0 spiro atoms. The standard InChI is InChI=1S/C9F8I/c10-3-4(11)6(13)8(7(14)5(3)12)18-2-1-9(15,16)17/q+1. The fourth-order valence-electron chi connectivity index (χ4n) is 0.786. The normalized spacial score (nSPS) is 11.1. The Morgan fingerprint density at radius 3 is 1.50 bits per heavy atom. The first kappa shape index (κ1) is 15.0. The minimum absolute atomic E-state index is 0.705. The van der Waals surface area contributed by atoms with Crippen LogP contribution in [-0.4, -0.2) is 6.18 Å². The highest BCUT2D eigenvalue weighted by Gasteiger charge is 2.34. The van der Waals surface area contributed by atoms with Gasteiger partial charge in [0.2, 0.25) is 29.1 Å². The molecule has 0 heterocycles. The first-order chi connectivity index (χ1) is 8.15. The number of alkyl halides is 3. The summed E-state index contributed by atoms with van der Waals surface area (Å²) in [6.45, 7) is 0. The van der Waals surface area contributed by atoms with Gasteiger partial charge >= 0.3 is 27.4 Å². The van der Waals surface area contributed by atoms with E-state index in [1.54, 1.807) is 0 Å². The van der Waals surface area contributed by atoms with E-state index < -0.39 is 60.0 Å². The SMILES string of the molecule is Fc1c(F)c(F)c([I+]C#CC(F)(F)F)c(F)c1F. The molecule has 0 aliphatic rings. The fourth-order valence-corrected chi connectivity index (χ4v) is 2.44. The molecule has 9 heteroatoms. The summed E-state index contributed by atoms with van der Waals surface area (Å²) in [7, 11) is 0. The van der Waals surface area contributed by atoms with Crippen molar-refractivity contribution in [2.24, 2.45) is 0 Å². The van der Waals surface area contributed by atoms with Crippen molar-refractivity contribution in [3.63, 3.8) is 0 Å². The van der Waals surface area contributed by atoms with Gasteiger partial charge in [-0.1, -0.05) is 0 Å². The summed E-state index contributed by atoms with van der Waals surface area (Å²) < 4.78 is 98.8. The zero-order valence-electron chi connectivity index (χ0n) is 7.90. The molecule has 0 nitrogen and oxygen atoms in total. The molecular formula is C9F8I+. The summed E-state index contributed by atoms with van der Waals surface area (Å²) in [4.78, 5) is 0. The van der Waals surface area contributed by atoms with Crippen molar-refractivity contribution in [3.8, 4) is 9.85 Å². The van der Waals surface area contributed by atoms with Crippen molar-refractivity contribution in [1.82, 2.24) is 0 Å². The molecule has 0 atom stereocenters. The van der Waals surface area contributed by atoms with Gasteiger partial charge in [0.15, 0.2) is 3.93 Å². The summed E-state index contributed by atoms with van der Waals surface area (Å²) in [5.74, 6) is -10.3. The molecular weight excluding hydrogens is 387 g/mol. The van der Waals surface area contributed by atoms with E-state index in [1.807, 2.05) is 0 Å². The molecule has 0 saturated heterocycles. The number of rotatable bonds is 1. The van der Waals surface area contributed by atoms with Gasteiger partial charge in [-0.2, -0.15) is 22.0 Å². The third-order valence-electron chi connectivity index (χ3n) is 1.49. The lowest BCUT2D eigenvalue weighted by atomic mass is 10.3. The summed E-state index contributed by atoms with van der Waals surface area (Å²) in [6, 6.07) is 0. The molecule has 98 valence electrons. The first-order valence-corrected chi connectivity index (χ1v) is 6.05. The summed E-state index contributed by atoms with van der Waals surface area (Å²) in [5.41, 5.74) is 0. The zero-order valence-corrected chi connectivity index (χ0v) is 10.1. The van der Waals surface area contributed by atoms with E-state index in [1.165, 1.54) is 3.93 Å². The largest absolute Gasteiger partial charge is 0.461 e. The van der Waals surface area contributed by atoms with Crippen LogP contribution in [-0.2, 0) is 0 Å². The molecule has 0 aliphatic carbocycles. The van der Waals surface area contributed by atoms with Gasteiger partial charge < -0.3 is 0 Å². The average Bonchev–Trinajstić information content (AvgIpc) is 2.27. The maximum Gasteiger partial charge on any atom is 0.461 e. The number of halogens is 9. The smallest absolute Gasteiger partial charge is 0.200 e. The molecule has 0 aliphatic heterocycles. The molecule has 1 rings (SSSR count). The van der Waals surface area contributed by atoms with E-state index in [2.05, 4.69) is 0 Å². The average molecular weight is 387 g/mol. The van der Waals surface area contributed by atoms with Gasteiger partial charge in [-0.05, 0) is 0 Å². The van der Waals surface area contributed by atoms with Crippen LogP contribution >= 0.6 is 0 Å². The molecule has 1 aromatic rings. The van der Waals surface area contributed by atoms with Crippen LogP contribution in [0.1, 0.15) is 0 Å². The molecule has 0 bridgehead atoms. The third kappa shape index (κ3) is 3.24. The fraction of sp³-hybridized carbons (Fsp3) is 0.111. The highest BCUT2D eigenvalue weighted by molar-refractivity contribution is 5.13. The van der Waals surface area contributed by atoms with E-state index in [9.17, 15) is 35.1 Å². The monoisotopic (exact) mass is 387 g/mol. The highest BCUT2D eigenvalue weighted by atomic mass is 127. The Bertz CT molecular complexity index is 507. The van der Waals surface area contributed by atoms with Crippen molar-refractivity contribution < 1.29 is 56.3 Å². The van der Waals surface area contributed by atoms with E-state index >= 15 is 0 Å². The van der Waals surface area contributed by atoms with E-state index in [-0.39, 0.29) is 0 Å². The molecule has 18 heavy (non-hydrogen) atoms. The molecule has 0 radical (unpaired) electrons. The van der Waals surface area contributed by atoms with Crippen LogP contribution in [0.5, 0.6) is 0 Å². The summed E-state index contributed by atoms with van der Waals surface area (Å²) >= 11 is -2.31. The van der Waals surface area contributed by atoms with Crippen LogP contribution in [0.3, 0.4) is 0 Å². The molecule has 0 N–H and O–H groups in total. The maximum absolute atomic E-state index is 13.0. The second-order valence-corrected chi connectivity index (χ2v) is 4.85. The van der Waals surface area contributed by atoms with Crippen molar-refractivity contribution in [2.45, 2.75) is 6.18 Å². The van der Waals surface area contributed by atoms with Gasteiger partial charge in [-0.3, -0.25) is 0 Å². The molecule has 0 unspecified atom stereocenters. The van der Waals surface area contributed by atoms with Gasteiger partial charge in [-0.25, -0.2) is 13.2 Å². The van der Waals surface area contributed by atoms with Gasteiger partial charge in [0.05, 0.1) is 5.92 Å². The molecule has 0 amide bonds. The van der Waals surface area contributed by atoms with Crippen LogP contribution in [0.4, 0.5) is 35.1 Å². The number of hydrogen-bond donors (Lipinski definition) is 0. The Morgan fingerprint density at radius 1 is 0.722 bits per heavy atom. The summed E-state index contributed by atoms with van der Waals surface area (Å²) in [5, 5.41) is 0. The number of benzene rings is 1.